The van der Waals surface area contributed by atoms with Crippen LogP contribution in [0.3, 0.4) is 0 Å². The third-order valence-corrected chi connectivity index (χ3v) is 6.03. The number of imidazole rings is 1. The molecule has 146 valence electrons. The van der Waals surface area contributed by atoms with Crippen molar-refractivity contribution in [2.45, 2.75) is 6.92 Å². The topological polar surface area (TPSA) is 75.7 Å². The molecule has 2 aliphatic rings. The van der Waals surface area contributed by atoms with E-state index >= 15 is 0 Å². The van der Waals surface area contributed by atoms with Crippen LogP contribution in [0.5, 0.6) is 0 Å². The van der Waals surface area contributed by atoms with Crippen molar-refractivity contribution in [3.63, 3.8) is 0 Å². The third-order valence-electron chi connectivity index (χ3n) is 6.03. The molecule has 27 heavy (non-hydrogen) atoms. The lowest BCUT2D eigenvalue weighted by Crippen LogP contribution is -2.47. The Morgan fingerprint density at radius 3 is 2.70 bits per heavy atom. The van der Waals surface area contributed by atoms with Crippen LogP contribution in [0.4, 0.5) is 0 Å². The summed E-state index contributed by atoms with van der Waals surface area (Å²) in [6.07, 6.45) is 0. The molecular formula is C20H29N5O2. The van der Waals surface area contributed by atoms with Crippen molar-refractivity contribution in [2.24, 2.45) is 11.8 Å². The second-order valence-corrected chi connectivity index (χ2v) is 8.07. The van der Waals surface area contributed by atoms with Crippen LogP contribution in [0.2, 0.25) is 0 Å². The number of aromatic nitrogens is 2. The first kappa shape index (κ1) is 18.4. The molecule has 4 rings (SSSR count). The molecule has 2 fully saturated rings. The minimum absolute atomic E-state index is 0.0449. The maximum absolute atomic E-state index is 13.0. The second kappa shape index (κ2) is 7.58. The molecule has 0 unspecified atom stereocenters. The van der Waals surface area contributed by atoms with Crippen LogP contribution >= 0.6 is 0 Å². The Kier molecular flexibility index (Phi) is 5.16. The summed E-state index contributed by atoms with van der Waals surface area (Å²) >= 11 is 0. The Balaban J connectivity index is 1.44. The number of likely N-dealkylation sites (N-methyl/N-ethyl adjacent to an activating group) is 1. The van der Waals surface area contributed by atoms with Crippen LogP contribution in [0.1, 0.15) is 16.2 Å². The van der Waals surface area contributed by atoms with Gasteiger partial charge < -0.3 is 24.8 Å². The van der Waals surface area contributed by atoms with Crippen molar-refractivity contribution in [1.82, 2.24) is 24.7 Å². The van der Waals surface area contributed by atoms with Crippen molar-refractivity contribution in [1.29, 1.82) is 0 Å². The molecule has 0 aliphatic carbocycles. The molecule has 0 spiro atoms. The first-order valence-corrected chi connectivity index (χ1v) is 9.81. The molecule has 0 radical (unpaired) electrons. The molecule has 7 heteroatoms. The predicted octanol–water partition coefficient (Wildman–Crippen LogP) is 0.799. The Morgan fingerprint density at radius 1 is 1.22 bits per heavy atom. The number of H-pyrrole nitrogens is 1. The predicted molar refractivity (Wildman–Crippen MR) is 105 cm³/mol. The molecule has 2 N–H and O–H groups in total. The van der Waals surface area contributed by atoms with E-state index in [4.69, 9.17) is 0 Å². The van der Waals surface area contributed by atoms with Crippen LogP contribution in [-0.4, -0.2) is 95.1 Å². The maximum atomic E-state index is 13.0. The van der Waals surface area contributed by atoms with Crippen LogP contribution in [0, 0.1) is 18.8 Å². The van der Waals surface area contributed by atoms with E-state index in [0.29, 0.717) is 18.0 Å². The van der Waals surface area contributed by atoms with E-state index in [2.05, 4.69) is 26.8 Å². The Bertz CT molecular complexity index is 812. The normalized spacial score (nSPS) is 24.8. The average molecular weight is 371 g/mol. The molecule has 2 saturated heterocycles. The van der Waals surface area contributed by atoms with Crippen LogP contribution in [-0.2, 0) is 0 Å². The highest BCUT2D eigenvalue weighted by molar-refractivity contribution is 5.97. The van der Waals surface area contributed by atoms with Gasteiger partial charge in [0.15, 0.2) is 0 Å². The molecule has 2 atom stereocenters. The summed E-state index contributed by atoms with van der Waals surface area (Å²) in [6.45, 7) is 8.67. The number of hydrogen-bond donors (Lipinski definition) is 2. The van der Waals surface area contributed by atoms with Gasteiger partial charge in [0.25, 0.3) is 5.91 Å². The number of piperazine rings is 1. The number of carbonyl (C=O) groups is 1. The molecule has 1 aromatic carbocycles. The SMILES string of the molecule is Cc1nc2ccc(C(=O)N3C[C@@H](CN4CCN(C)CC4)[C@@H](CO)C3)cc2[nH]1. The zero-order chi connectivity index (χ0) is 19.0. The number of nitrogens with one attached hydrogen (secondary N) is 1. The van der Waals surface area contributed by atoms with Gasteiger partial charge in [0.05, 0.1) is 11.0 Å². The van der Waals surface area contributed by atoms with Crippen molar-refractivity contribution in [2.75, 3.05) is 59.5 Å². The van der Waals surface area contributed by atoms with Gasteiger partial charge in [-0.3, -0.25) is 4.79 Å². The summed E-state index contributed by atoms with van der Waals surface area (Å²) in [4.78, 5) is 27.4. The molecular weight excluding hydrogens is 342 g/mol. The standard InChI is InChI=1S/C20H29N5O2/c1-14-21-18-4-3-15(9-19(18)22-14)20(27)25-11-16(17(12-25)13-26)10-24-7-5-23(2)6-8-24/h3-4,9,16-17,26H,5-8,10-13H2,1-2H3,(H,21,22)/t16-,17-/m1/s1. The first-order chi connectivity index (χ1) is 13.0. The number of likely N-dealkylation sites (tertiary alicyclic amines) is 1. The van der Waals surface area contributed by atoms with Crippen molar-refractivity contribution in [3.8, 4) is 0 Å². The number of aryl methyl sites for hydroxylation is 1. The molecule has 1 aromatic heterocycles. The van der Waals surface area contributed by atoms with Crippen molar-refractivity contribution in [3.05, 3.63) is 29.6 Å². The molecule has 7 nitrogen and oxygen atoms in total. The molecule has 2 aliphatic heterocycles. The van der Waals surface area contributed by atoms with E-state index in [1.807, 2.05) is 30.0 Å². The number of amides is 1. The Hall–Kier alpha value is -1.96. The molecule has 1 amide bonds. The van der Waals surface area contributed by atoms with Crippen LogP contribution < -0.4 is 0 Å². The van der Waals surface area contributed by atoms with Crippen molar-refractivity contribution < 1.29 is 9.90 Å². The summed E-state index contributed by atoms with van der Waals surface area (Å²) in [5.41, 5.74) is 2.46. The number of nitrogens with zero attached hydrogens (tertiary/aromatic N) is 4. The third kappa shape index (κ3) is 3.85. The summed E-state index contributed by atoms with van der Waals surface area (Å²) in [5, 5.41) is 9.84. The zero-order valence-corrected chi connectivity index (χ0v) is 16.2. The van der Waals surface area contributed by atoms with E-state index in [1.54, 1.807) is 0 Å². The fraction of sp³-hybridized carbons (Fsp3) is 0.600. The fourth-order valence-corrected chi connectivity index (χ4v) is 4.33. The number of aliphatic hydroxyl groups excluding tert-OH is 1. The van der Waals surface area contributed by atoms with Gasteiger partial charge in [-0.1, -0.05) is 0 Å². The molecule has 2 aromatic rings. The van der Waals surface area contributed by atoms with E-state index < -0.39 is 0 Å². The van der Waals surface area contributed by atoms with Crippen molar-refractivity contribution >= 4 is 16.9 Å². The van der Waals surface area contributed by atoms with Gasteiger partial charge in [0.1, 0.15) is 5.82 Å². The van der Waals surface area contributed by atoms with E-state index in [0.717, 1.165) is 56.1 Å². The van der Waals surface area contributed by atoms with Crippen LogP contribution in [0.25, 0.3) is 11.0 Å². The monoisotopic (exact) mass is 371 g/mol. The number of hydrogen-bond acceptors (Lipinski definition) is 5. The highest BCUT2D eigenvalue weighted by atomic mass is 16.3. The van der Waals surface area contributed by atoms with Gasteiger partial charge >= 0.3 is 0 Å². The summed E-state index contributed by atoms with van der Waals surface area (Å²) in [5.74, 6) is 1.39. The highest BCUT2D eigenvalue weighted by Gasteiger charge is 2.36. The second-order valence-electron chi connectivity index (χ2n) is 8.07. The molecule has 3 heterocycles. The van der Waals surface area contributed by atoms with Crippen LogP contribution in [0.15, 0.2) is 18.2 Å². The lowest BCUT2D eigenvalue weighted by atomic mass is 9.96. The lowest BCUT2D eigenvalue weighted by molar-refractivity contribution is 0.0777. The Labute approximate surface area is 160 Å². The summed E-state index contributed by atoms with van der Waals surface area (Å²) < 4.78 is 0. The number of benzene rings is 1. The van der Waals surface area contributed by atoms with E-state index in [9.17, 15) is 9.90 Å². The quantitative estimate of drug-likeness (QED) is 0.832. The van der Waals surface area contributed by atoms with Gasteiger partial charge in [0, 0.05) is 63.9 Å². The number of carbonyl (C=O) groups excluding carboxylic acids is 1. The summed E-state index contributed by atoms with van der Waals surface area (Å²) in [6, 6.07) is 5.64. The fourth-order valence-electron chi connectivity index (χ4n) is 4.33. The Morgan fingerprint density at radius 2 is 1.96 bits per heavy atom. The molecule has 0 saturated carbocycles. The van der Waals surface area contributed by atoms with Gasteiger partial charge in [-0.15, -0.1) is 0 Å². The highest BCUT2D eigenvalue weighted by Crippen LogP contribution is 2.26. The number of aromatic amines is 1. The minimum Gasteiger partial charge on any atom is -0.396 e. The smallest absolute Gasteiger partial charge is 0.253 e. The van der Waals surface area contributed by atoms with Gasteiger partial charge in [-0.2, -0.15) is 0 Å². The van der Waals surface area contributed by atoms with Gasteiger partial charge in [0.2, 0.25) is 0 Å². The van der Waals surface area contributed by atoms with Gasteiger partial charge in [-0.25, -0.2) is 4.98 Å². The van der Waals surface area contributed by atoms with E-state index in [1.165, 1.54) is 0 Å². The molecule has 0 bridgehead atoms. The average Bonchev–Trinajstić information content (AvgIpc) is 3.24. The summed E-state index contributed by atoms with van der Waals surface area (Å²) in [7, 11) is 2.15. The zero-order valence-electron chi connectivity index (χ0n) is 16.2. The maximum Gasteiger partial charge on any atom is 0.253 e. The van der Waals surface area contributed by atoms with Gasteiger partial charge in [-0.05, 0) is 38.1 Å². The largest absolute Gasteiger partial charge is 0.396 e. The minimum atomic E-state index is 0.0449. The number of fused-ring (bicyclic) bond motifs is 1. The first-order valence-electron chi connectivity index (χ1n) is 9.81. The lowest BCUT2D eigenvalue weighted by Gasteiger charge is -2.34. The van der Waals surface area contributed by atoms with E-state index in [-0.39, 0.29) is 18.4 Å². The number of aliphatic hydroxyl groups is 1. The number of rotatable bonds is 4.